The maximum Gasteiger partial charge on any atom is 0.323 e. The van der Waals surface area contributed by atoms with Crippen molar-refractivity contribution in [2.75, 3.05) is 12.3 Å². The van der Waals surface area contributed by atoms with Crippen molar-refractivity contribution in [2.24, 2.45) is 0 Å². The number of thioether (sulfide) groups is 1. The molecule has 1 atom stereocenters. The molecule has 0 saturated heterocycles. The zero-order chi connectivity index (χ0) is 15.0. The second-order valence-electron chi connectivity index (χ2n) is 4.65. The lowest BCUT2D eigenvalue weighted by molar-refractivity contribution is -0.145. The largest absolute Gasteiger partial charge is 0.480 e. The van der Waals surface area contributed by atoms with E-state index >= 15 is 0 Å². The number of likely N-dealkylation sites (N-methyl/N-ethyl adjacent to an activating group) is 1. The Morgan fingerprint density at radius 2 is 2.10 bits per heavy atom. The zero-order valence-electron chi connectivity index (χ0n) is 12.0. The van der Waals surface area contributed by atoms with Crippen LogP contribution in [0.1, 0.15) is 33.1 Å². The molecular weight excluding hydrogens is 294 g/mol. The lowest BCUT2D eigenvalue weighted by atomic mass is 9.91. The van der Waals surface area contributed by atoms with Gasteiger partial charge in [0.1, 0.15) is 5.54 Å². The highest BCUT2D eigenvalue weighted by Crippen LogP contribution is 2.28. The molecule has 0 amide bonds. The van der Waals surface area contributed by atoms with E-state index in [1.54, 1.807) is 11.8 Å². The van der Waals surface area contributed by atoms with Gasteiger partial charge in [-0.05, 0) is 43.7 Å². The number of halogens is 1. The van der Waals surface area contributed by atoms with Gasteiger partial charge in [0.2, 0.25) is 0 Å². The average molecular weight is 316 g/mol. The first-order valence-electron chi connectivity index (χ1n) is 6.91. The van der Waals surface area contributed by atoms with Crippen LogP contribution in [0.4, 0.5) is 0 Å². The van der Waals surface area contributed by atoms with Crippen molar-refractivity contribution >= 4 is 29.3 Å². The van der Waals surface area contributed by atoms with Gasteiger partial charge in [-0.15, -0.1) is 11.8 Å². The van der Waals surface area contributed by atoms with Crippen LogP contribution in [0.5, 0.6) is 0 Å². The summed E-state index contributed by atoms with van der Waals surface area (Å²) in [4.78, 5) is 12.5. The maximum atomic E-state index is 11.5. The van der Waals surface area contributed by atoms with E-state index in [0.717, 1.165) is 22.1 Å². The first kappa shape index (κ1) is 17.3. The SMILES string of the molecule is CCNC(CC)(CCCSc1ccccc1Cl)C(=O)O. The average Bonchev–Trinajstić information content (AvgIpc) is 2.43. The first-order valence-corrected chi connectivity index (χ1v) is 8.28. The molecule has 0 aliphatic carbocycles. The van der Waals surface area contributed by atoms with E-state index in [0.29, 0.717) is 19.4 Å². The van der Waals surface area contributed by atoms with Crippen molar-refractivity contribution in [3.8, 4) is 0 Å². The van der Waals surface area contributed by atoms with E-state index < -0.39 is 11.5 Å². The van der Waals surface area contributed by atoms with Gasteiger partial charge in [0.15, 0.2) is 0 Å². The lowest BCUT2D eigenvalue weighted by Gasteiger charge is -2.29. The van der Waals surface area contributed by atoms with Gasteiger partial charge in [-0.25, -0.2) is 0 Å². The molecule has 0 aliphatic rings. The molecule has 5 heteroatoms. The molecule has 20 heavy (non-hydrogen) atoms. The number of carbonyl (C=O) groups is 1. The smallest absolute Gasteiger partial charge is 0.323 e. The molecule has 1 aromatic carbocycles. The van der Waals surface area contributed by atoms with Crippen molar-refractivity contribution in [1.82, 2.24) is 5.32 Å². The molecule has 0 fully saturated rings. The molecule has 0 radical (unpaired) electrons. The van der Waals surface area contributed by atoms with Crippen molar-refractivity contribution in [1.29, 1.82) is 0 Å². The molecule has 0 aliphatic heterocycles. The molecule has 0 saturated carbocycles. The van der Waals surface area contributed by atoms with E-state index in [1.807, 2.05) is 38.1 Å². The summed E-state index contributed by atoms with van der Waals surface area (Å²) in [7, 11) is 0. The fourth-order valence-corrected chi connectivity index (χ4v) is 3.37. The third-order valence-electron chi connectivity index (χ3n) is 3.37. The predicted molar refractivity (Wildman–Crippen MR) is 85.7 cm³/mol. The standard InChI is InChI=1S/C15H22ClNO2S/c1-3-15(14(18)19,17-4-2)10-7-11-20-13-9-6-5-8-12(13)16/h5-6,8-9,17H,3-4,7,10-11H2,1-2H3,(H,18,19). The number of carboxylic acids is 1. The topological polar surface area (TPSA) is 49.3 Å². The zero-order valence-corrected chi connectivity index (χ0v) is 13.6. The van der Waals surface area contributed by atoms with Crippen LogP contribution < -0.4 is 5.32 Å². The van der Waals surface area contributed by atoms with Gasteiger partial charge in [-0.1, -0.05) is 37.6 Å². The minimum atomic E-state index is -0.796. The van der Waals surface area contributed by atoms with Crippen molar-refractivity contribution < 1.29 is 9.90 Å². The van der Waals surface area contributed by atoms with Crippen molar-refractivity contribution in [3.63, 3.8) is 0 Å². The van der Waals surface area contributed by atoms with Crippen LogP contribution in [0, 0.1) is 0 Å². The third kappa shape index (κ3) is 4.69. The Labute approximate surface area is 130 Å². The minimum absolute atomic E-state index is 0.590. The van der Waals surface area contributed by atoms with E-state index in [9.17, 15) is 9.90 Å². The van der Waals surface area contributed by atoms with Crippen molar-refractivity contribution in [2.45, 2.75) is 43.5 Å². The summed E-state index contributed by atoms with van der Waals surface area (Å²) in [6, 6.07) is 7.72. The van der Waals surface area contributed by atoms with E-state index in [2.05, 4.69) is 5.32 Å². The third-order valence-corrected chi connectivity index (χ3v) is 4.97. The van der Waals surface area contributed by atoms with Gasteiger partial charge >= 0.3 is 5.97 Å². The fourth-order valence-electron chi connectivity index (χ4n) is 2.18. The fraction of sp³-hybridized carbons (Fsp3) is 0.533. The molecule has 2 N–H and O–H groups in total. The number of hydrogen-bond donors (Lipinski definition) is 2. The molecule has 0 spiro atoms. The van der Waals surface area contributed by atoms with Crippen LogP contribution in [0.15, 0.2) is 29.2 Å². The summed E-state index contributed by atoms with van der Waals surface area (Å²) < 4.78 is 0. The summed E-state index contributed by atoms with van der Waals surface area (Å²) in [6.45, 7) is 4.52. The maximum absolute atomic E-state index is 11.5. The second-order valence-corrected chi connectivity index (χ2v) is 6.20. The number of carboxylic acid groups (broad SMARTS) is 1. The van der Waals surface area contributed by atoms with E-state index in [-0.39, 0.29) is 0 Å². The number of rotatable bonds is 9. The second kappa shape index (κ2) is 8.55. The van der Waals surface area contributed by atoms with Gasteiger partial charge in [-0.2, -0.15) is 0 Å². The summed E-state index contributed by atoms with van der Waals surface area (Å²) >= 11 is 7.77. The van der Waals surface area contributed by atoms with E-state index in [4.69, 9.17) is 11.6 Å². The molecule has 1 rings (SSSR count). The van der Waals surface area contributed by atoms with Gasteiger partial charge < -0.3 is 10.4 Å². The number of benzene rings is 1. The molecule has 0 aromatic heterocycles. The Balaban J connectivity index is 2.49. The van der Waals surface area contributed by atoms with Crippen LogP contribution in [-0.4, -0.2) is 28.9 Å². The van der Waals surface area contributed by atoms with Crippen LogP contribution in [0.25, 0.3) is 0 Å². The molecule has 112 valence electrons. The highest BCUT2D eigenvalue weighted by atomic mass is 35.5. The van der Waals surface area contributed by atoms with Crippen LogP contribution in [0.3, 0.4) is 0 Å². The monoisotopic (exact) mass is 315 g/mol. The summed E-state index contributed by atoms with van der Waals surface area (Å²) in [5.41, 5.74) is -0.796. The van der Waals surface area contributed by atoms with Crippen LogP contribution in [0.2, 0.25) is 5.02 Å². The van der Waals surface area contributed by atoms with Gasteiger partial charge in [0.05, 0.1) is 5.02 Å². The summed E-state index contributed by atoms with van der Waals surface area (Å²) in [5, 5.41) is 13.3. The quantitative estimate of drug-likeness (QED) is 0.533. The molecule has 1 unspecified atom stereocenters. The Morgan fingerprint density at radius 3 is 2.65 bits per heavy atom. The summed E-state index contributed by atoms with van der Waals surface area (Å²) in [6.07, 6.45) is 2.06. The Morgan fingerprint density at radius 1 is 1.40 bits per heavy atom. The Kier molecular flexibility index (Phi) is 7.41. The highest BCUT2D eigenvalue weighted by Gasteiger charge is 2.34. The lowest BCUT2D eigenvalue weighted by Crippen LogP contribution is -2.51. The molecule has 1 aromatic rings. The number of nitrogens with one attached hydrogen (secondary N) is 1. The van der Waals surface area contributed by atoms with Crippen LogP contribution in [-0.2, 0) is 4.79 Å². The molecule has 0 bridgehead atoms. The number of hydrogen-bond acceptors (Lipinski definition) is 3. The van der Waals surface area contributed by atoms with E-state index in [1.165, 1.54) is 0 Å². The predicted octanol–water partition coefficient (Wildman–Crippen LogP) is 4.06. The van der Waals surface area contributed by atoms with Crippen LogP contribution >= 0.6 is 23.4 Å². The van der Waals surface area contributed by atoms with Crippen molar-refractivity contribution in [3.05, 3.63) is 29.3 Å². The molecular formula is C15H22ClNO2S. The minimum Gasteiger partial charge on any atom is -0.480 e. The Hall–Kier alpha value is -0.710. The number of aliphatic carboxylic acids is 1. The highest BCUT2D eigenvalue weighted by molar-refractivity contribution is 7.99. The normalized spacial score (nSPS) is 13.9. The van der Waals surface area contributed by atoms with Gasteiger partial charge in [0.25, 0.3) is 0 Å². The Bertz CT molecular complexity index is 442. The van der Waals surface area contributed by atoms with Gasteiger partial charge in [0, 0.05) is 4.90 Å². The molecule has 3 nitrogen and oxygen atoms in total. The summed E-state index contributed by atoms with van der Waals surface area (Å²) in [5.74, 6) is 0.106. The van der Waals surface area contributed by atoms with Gasteiger partial charge in [-0.3, -0.25) is 4.79 Å². The molecule has 0 heterocycles. The first-order chi connectivity index (χ1) is 9.55.